The van der Waals surface area contributed by atoms with E-state index in [9.17, 15) is 4.79 Å². The van der Waals surface area contributed by atoms with Crippen LogP contribution in [0.5, 0.6) is 0 Å². The van der Waals surface area contributed by atoms with Gasteiger partial charge in [0.2, 0.25) is 5.91 Å². The highest BCUT2D eigenvalue weighted by molar-refractivity contribution is 7.13. The van der Waals surface area contributed by atoms with Crippen LogP contribution in [0.3, 0.4) is 0 Å². The average Bonchev–Trinajstić information content (AvgIpc) is 2.85. The molecule has 0 bridgehead atoms. The van der Waals surface area contributed by atoms with Crippen molar-refractivity contribution in [3.05, 3.63) is 53.1 Å². The van der Waals surface area contributed by atoms with Gasteiger partial charge < -0.3 is 5.32 Å². The van der Waals surface area contributed by atoms with E-state index in [0.29, 0.717) is 12.1 Å². The van der Waals surface area contributed by atoms with Gasteiger partial charge in [-0.05, 0) is 19.4 Å². The molecule has 0 radical (unpaired) electrons. The minimum atomic E-state index is -0.134. The van der Waals surface area contributed by atoms with E-state index in [1.54, 1.807) is 18.3 Å². The van der Waals surface area contributed by atoms with E-state index in [1.165, 1.54) is 5.56 Å². The number of nitrogens with zero attached hydrogens (tertiary/aromatic N) is 1. The number of amides is 1. The first-order chi connectivity index (χ1) is 9.08. The topological polar surface area (TPSA) is 42.0 Å². The SMILES string of the molecule is C=C(C)C(=O)NCc1csc(-c2ccccc2C)n1. The van der Waals surface area contributed by atoms with Crippen LogP contribution in [0.2, 0.25) is 0 Å². The molecule has 1 amide bonds. The fourth-order valence-corrected chi connectivity index (χ4v) is 2.56. The van der Waals surface area contributed by atoms with Gasteiger partial charge in [0.05, 0.1) is 12.2 Å². The van der Waals surface area contributed by atoms with Gasteiger partial charge >= 0.3 is 0 Å². The zero-order valence-corrected chi connectivity index (χ0v) is 11.9. The van der Waals surface area contributed by atoms with E-state index < -0.39 is 0 Å². The van der Waals surface area contributed by atoms with Gasteiger partial charge in [0.25, 0.3) is 0 Å². The quantitative estimate of drug-likeness (QED) is 0.868. The molecule has 0 unspecified atom stereocenters. The first-order valence-electron chi connectivity index (χ1n) is 6.02. The molecule has 2 aromatic rings. The number of rotatable bonds is 4. The molecule has 1 aromatic heterocycles. The molecule has 2 rings (SSSR count). The van der Waals surface area contributed by atoms with Crippen LogP contribution in [-0.4, -0.2) is 10.9 Å². The number of thiazole rings is 1. The lowest BCUT2D eigenvalue weighted by molar-refractivity contribution is -0.117. The molecular formula is C15H16N2OS. The fraction of sp³-hybridized carbons (Fsp3) is 0.200. The molecule has 98 valence electrons. The molecule has 0 aliphatic heterocycles. The summed E-state index contributed by atoms with van der Waals surface area (Å²) in [7, 11) is 0. The molecule has 19 heavy (non-hydrogen) atoms. The van der Waals surface area contributed by atoms with Crippen molar-refractivity contribution in [1.82, 2.24) is 10.3 Å². The van der Waals surface area contributed by atoms with Gasteiger partial charge in [0.15, 0.2) is 0 Å². The van der Waals surface area contributed by atoms with Gasteiger partial charge in [-0.15, -0.1) is 11.3 Å². The Morgan fingerprint density at radius 3 is 2.84 bits per heavy atom. The smallest absolute Gasteiger partial charge is 0.246 e. The van der Waals surface area contributed by atoms with E-state index in [4.69, 9.17) is 0 Å². The van der Waals surface area contributed by atoms with Gasteiger partial charge in [-0.3, -0.25) is 4.79 Å². The maximum absolute atomic E-state index is 11.4. The normalized spacial score (nSPS) is 10.2. The molecule has 1 aromatic carbocycles. The molecule has 0 saturated carbocycles. The molecule has 0 fully saturated rings. The predicted molar refractivity (Wildman–Crippen MR) is 78.9 cm³/mol. The molecule has 4 heteroatoms. The van der Waals surface area contributed by atoms with Crippen molar-refractivity contribution in [2.24, 2.45) is 0 Å². The Balaban J connectivity index is 2.10. The van der Waals surface area contributed by atoms with E-state index in [0.717, 1.165) is 16.3 Å². The second-order valence-electron chi connectivity index (χ2n) is 4.42. The minimum Gasteiger partial charge on any atom is -0.347 e. The first kappa shape index (κ1) is 13.5. The van der Waals surface area contributed by atoms with Crippen molar-refractivity contribution in [2.45, 2.75) is 20.4 Å². The number of aromatic nitrogens is 1. The molecule has 1 heterocycles. The summed E-state index contributed by atoms with van der Waals surface area (Å²) in [5.41, 5.74) is 3.73. The second-order valence-corrected chi connectivity index (χ2v) is 5.28. The maximum Gasteiger partial charge on any atom is 0.246 e. The number of hydrogen-bond donors (Lipinski definition) is 1. The van der Waals surface area contributed by atoms with Crippen molar-refractivity contribution in [3.63, 3.8) is 0 Å². The van der Waals surface area contributed by atoms with Gasteiger partial charge in [-0.2, -0.15) is 0 Å². The molecule has 0 aliphatic carbocycles. The number of hydrogen-bond acceptors (Lipinski definition) is 3. The average molecular weight is 272 g/mol. The number of benzene rings is 1. The lowest BCUT2D eigenvalue weighted by atomic mass is 10.1. The van der Waals surface area contributed by atoms with E-state index in [2.05, 4.69) is 35.9 Å². The van der Waals surface area contributed by atoms with Crippen molar-refractivity contribution in [2.75, 3.05) is 0 Å². The highest BCUT2D eigenvalue weighted by Gasteiger charge is 2.08. The van der Waals surface area contributed by atoms with E-state index >= 15 is 0 Å². The lowest BCUT2D eigenvalue weighted by Gasteiger charge is -2.02. The third-order valence-corrected chi connectivity index (χ3v) is 3.67. The van der Waals surface area contributed by atoms with Crippen LogP contribution in [0, 0.1) is 6.92 Å². The summed E-state index contributed by atoms with van der Waals surface area (Å²) in [6.45, 7) is 7.80. The zero-order valence-electron chi connectivity index (χ0n) is 11.1. The molecule has 0 aliphatic rings. The van der Waals surface area contributed by atoms with E-state index in [-0.39, 0.29) is 5.91 Å². The van der Waals surface area contributed by atoms with Crippen LogP contribution >= 0.6 is 11.3 Å². The molecule has 3 nitrogen and oxygen atoms in total. The highest BCUT2D eigenvalue weighted by Crippen LogP contribution is 2.26. The summed E-state index contributed by atoms with van der Waals surface area (Å²) < 4.78 is 0. The Labute approximate surface area is 117 Å². The van der Waals surface area contributed by atoms with Crippen molar-refractivity contribution in [3.8, 4) is 10.6 Å². The van der Waals surface area contributed by atoms with Crippen molar-refractivity contribution < 1.29 is 4.79 Å². The molecule has 0 spiro atoms. The molecule has 0 saturated heterocycles. The number of aryl methyl sites for hydroxylation is 1. The van der Waals surface area contributed by atoms with Crippen LogP contribution < -0.4 is 5.32 Å². The third-order valence-electron chi connectivity index (χ3n) is 2.74. The monoisotopic (exact) mass is 272 g/mol. The summed E-state index contributed by atoms with van der Waals surface area (Å²) in [5, 5.41) is 5.74. The summed E-state index contributed by atoms with van der Waals surface area (Å²) in [4.78, 5) is 16.0. The lowest BCUT2D eigenvalue weighted by Crippen LogP contribution is -2.23. The summed E-state index contributed by atoms with van der Waals surface area (Å²) in [5.74, 6) is -0.134. The number of carbonyl (C=O) groups excluding carboxylic acids is 1. The summed E-state index contributed by atoms with van der Waals surface area (Å²) >= 11 is 1.59. The van der Waals surface area contributed by atoms with E-state index in [1.807, 2.05) is 17.5 Å². The van der Waals surface area contributed by atoms with Crippen molar-refractivity contribution >= 4 is 17.2 Å². The Morgan fingerprint density at radius 2 is 2.16 bits per heavy atom. The minimum absolute atomic E-state index is 0.134. The van der Waals surface area contributed by atoms with Crippen molar-refractivity contribution in [1.29, 1.82) is 0 Å². The Kier molecular flexibility index (Phi) is 4.12. The summed E-state index contributed by atoms with van der Waals surface area (Å²) in [6.07, 6.45) is 0. The van der Waals surface area contributed by atoms with Crippen LogP contribution in [0.25, 0.3) is 10.6 Å². The molecular weight excluding hydrogens is 256 g/mol. The second kappa shape index (κ2) is 5.80. The molecule has 0 atom stereocenters. The Bertz CT molecular complexity index is 616. The van der Waals surface area contributed by atoms with Crippen LogP contribution in [0.15, 0.2) is 41.8 Å². The summed E-state index contributed by atoms with van der Waals surface area (Å²) in [6, 6.07) is 8.15. The first-order valence-corrected chi connectivity index (χ1v) is 6.90. The largest absolute Gasteiger partial charge is 0.347 e. The Hall–Kier alpha value is -1.94. The Morgan fingerprint density at radius 1 is 1.42 bits per heavy atom. The number of nitrogens with one attached hydrogen (secondary N) is 1. The maximum atomic E-state index is 11.4. The highest BCUT2D eigenvalue weighted by atomic mass is 32.1. The fourth-order valence-electron chi connectivity index (χ4n) is 1.65. The van der Waals surface area contributed by atoms with Gasteiger partial charge in [0, 0.05) is 16.5 Å². The number of carbonyl (C=O) groups is 1. The van der Waals surface area contributed by atoms with Crippen LogP contribution in [0.4, 0.5) is 0 Å². The van der Waals surface area contributed by atoms with Crippen LogP contribution in [-0.2, 0) is 11.3 Å². The third kappa shape index (κ3) is 3.29. The van der Waals surface area contributed by atoms with Gasteiger partial charge in [-0.1, -0.05) is 30.8 Å². The van der Waals surface area contributed by atoms with Gasteiger partial charge in [-0.25, -0.2) is 4.98 Å². The van der Waals surface area contributed by atoms with Gasteiger partial charge in [0.1, 0.15) is 5.01 Å². The van der Waals surface area contributed by atoms with Crippen LogP contribution in [0.1, 0.15) is 18.2 Å². The standard InChI is InChI=1S/C15H16N2OS/c1-10(2)14(18)16-8-12-9-19-15(17-12)13-7-5-4-6-11(13)3/h4-7,9H,1,8H2,2-3H3,(H,16,18). The zero-order chi connectivity index (χ0) is 13.8. The molecule has 1 N–H and O–H groups in total. The predicted octanol–water partition coefficient (Wildman–Crippen LogP) is 3.31.